The molecule has 0 radical (unpaired) electrons. The maximum absolute atomic E-state index is 14.8. The maximum Gasteiger partial charge on any atom is 0.407 e. The van der Waals surface area contributed by atoms with E-state index in [1.807, 2.05) is 6.92 Å². The molecule has 0 saturated carbocycles. The fourth-order valence-electron chi connectivity index (χ4n) is 2.93. The van der Waals surface area contributed by atoms with E-state index in [2.05, 4.69) is 4.98 Å². The highest BCUT2D eigenvalue weighted by Crippen LogP contribution is 2.33. The topological polar surface area (TPSA) is 56.3 Å². The van der Waals surface area contributed by atoms with Gasteiger partial charge in [-0.15, -0.1) is 0 Å². The molecule has 2 N–H and O–H groups in total. The van der Waals surface area contributed by atoms with Crippen LogP contribution in [-0.2, 0) is 6.42 Å². The highest BCUT2D eigenvalue weighted by atomic mass is 19.1. The Hall–Kier alpha value is -2.37. The Kier molecular flexibility index (Phi) is 3.60. The van der Waals surface area contributed by atoms with Gasteiger partial charge in [0.15, 0.2) is 0 Å². The van der Waals surface area contributed by atoms with E-state index < -0.39 is 17.7 Å². The monoisotopic (exact) mass is 306 g/mol. The quantitative estimate of drug-likeness (QED) is 0.887. The second kappa shape index (κ2) is 5.44. The van der Waals surface area contributed by atoms with Crippen LogP contribution in [0.25, 0.3) is 16.5 Å². The predicted octanol–water partition coefficient (Wildman–Crippen LogP) is 3.78. The van der Waals surface area contributed by atoms with Crippen LogP contribution in [0.3, 0.4) is 0 Å². The molecular weight excluding hydrogens is 290 g/mol. The number of carboxylic acid groups (broad SMARTS) is 1. The lowest BCUT2D eigenvalue weighted by atomic mass is 9.96. The first-order chi connectivity index (χ1) is 10.5. The van der Waals surface area contributed by atoms with Gasteiger partial charge in [-0.2, -0.15) is 0 Å². The summed E-state index contributed by atoms with van der Waals surface area (Å²) in [4.78, 5) is 15.0. The molecule has 1 aromatic heterocycles. The summed E-state index contributed by atoms with van der Waals surface area (Å²) in [6.45, 7) is 2.30. The average molecular weight is 306 g/mol. The van der Waals surface area contributed by atoms with Gasteiger partial charge < -0.3 is 15.0 Å². The van der Waals surface area contributed by atoms with Gasteiger partial charge in [0.05, 0.1) is 5.52 Å². The van der Waals surface area contributed by atoms with E-state index in [0.29, 0.717) is 29.3 Å². The lowest BCUT2D eigenvalue weighted by molar-refractivity contribution is 0.150. The summed E-state index contributed by atoms with van der Waals surface area (Å²) in [5, 5.41) is 9.35. The van der Waals surface area contributed by atoms with Crippen molar-refractivity contribution in [3.63, 3.8) is 0 Å². The number of nitrogens with one attached hydrogen (secondary N) is 1. The van der Waals surface area contributed by atoms with E-state index in [1.54, 1.807) is 12.3 Å². The van der Waals surface area contributed by atoms with Crippen molar-refractivity contribution in [3.05, 3.63) is 41.1 Å². The molecule has 0 saturated heterocycles. The third-order valence-electron chi connectivity index (χ3n) is 4.12. The number of aromatic nitrogens is 1. The van der Waals surface area contributed by atoms with E-state index in [0.717, 1.165) is 5.56 Å². The predicted molar refractivity (Wildman–Crippen MR) is 79.8 cm³/mol. The normalized spacial score (nSPS) is 15.2. The van der Waals surface area contributed by atoms with Crippen LogP contribution in [0.5, 0.6) is 0 Å². The van der Waals surface area contributed by atoms with Crippen LogP contribution in [0.1, 0.15) is 24.5 Å². The number of aryl methyl sites for hydroxylation is 1. The van der Waals surface area contributed by atoms with Crippen molar-refractivity contribution >= 4 is 22.6 Å². The van der Waals surface area contributed by atoms with Crippen LogP contribution in [-0.4, -0.2) is 34.2 Å². The Balaban J connectivity index is 2.09. The lowest BCUT2D eigenvalue weighted by Crippen LogP contribution is -2.33. The van der Waals surface area contributed by atoms with E-state index in [-0.39, 0.29) is 18.7 Å². The van der Waals surface area contributed by atoms with Crippen molar-refractivity contribution in [3.8, 4) is 0 Å². The summed E-state index contributed by atoms with van der Waals surface area (Å²) in [6, 6.07) is 1.30. The molecule has 0 aliphatic carbocycles. The van der Waals surface area contributed by atoms with Crippen LogP contribution < -0.4 is 0 Å². The Morgan fingerprint density at radius 1 is 1.45 bits per heavy atom. The average Bonchev–Trinajstić information content (AvgIpc) is 2.90. The standard InChI is InChI=1S/C16H16F2N2O2/c1-2-9-8-19-12-7-11(17)13(15(18)14(9)12)10-3-5-20(6-4-10)16(21)22/h3,7-8,19H,2,4-6H2,1H3,(H,21,22). The molecule has 1 amide bonds. The number of H-pyrrole nitrogens is 1. The molecule has 1 aliphatic rings. The number of hydrogen-bond donors (Lipinski definition) is 2. The Morgan fingerprint density at radius 3 is 2.82 bits per heavy atom. The number of fused-ring (bicyclic) bond motifs is 1. The maximum atomic E-state index is 14.8. The Bertz CT molecular complexity index is 780. The van der Waals surface area contributed by atoms with Crippen molar-refractivity contribution in [1.82, 2.24) is 9.88 Å². The molecule has 2 heterocycles. The highest BCUT2D eigenvalue weighted by Gasteiger charge is 2.23. The summed E-state index contributed by atoms with van der Waals surface area (Å²) >= 11 is 0. The highest BCUT2D eigenvalue weighted by molar-refractivity contribution is 5.88. The van der Waals surface area contributed by atoms with E-state index in [9.17, 15) is 13.6 Å². The molecule has 0 bridgehead atoms. The van der Waals surface area contributed by atoms with Crippen LogP contribution in [0.2, 0.25) is 0 Å². The summed E-state index contributed by atoms with van der Waals surface area (Å²) in [5.41, 5.74) is 1.74. The number of halogens is 2. The Morgan fingerprint density at radius 2 is 2.23 bits per heavy atom. The number of hydrogen-bond acceptors (Lipinski definition) is 1. The summed E-state index contributed by atoms with van der Waals surface area (Å²) in [5.74, 6) is -1.19. The minimum Gasteiger partial charge on any atom is -0.465 e. The van der Waals surface area contributed by atoms with Crippen molar-refractivity contribution in [2.24, 2.45) is 0 Å². The first-order valence-electron chi connectivity index (χ1n) is 7.18. The molecule has 2 aromatic rings. The SMILES string of the molecule is CCc1c[nH]c2cc(F)c(C3=CCN(C(=O)O)CC3)c(F)c12. The van der Waals surface area contributed by atoms with Gasteiger partial charge >= 0.3 is 6.09 Å². The number of amides is 1. The second-order valence-corrected chi connectivity index (χ2v) is 5.35. The summed E-state index contributed by atoms with van der Waals surface area (Å²) in [6.07, 6.45) is 3.21. The molecule has 0 unspecified atom stereocenters. The summed E-state index contributed by atoms with van der Waals surface area (Å²) < 4.78 is 29.1. The van der Waals surface area contributed by atoms with E-state index >= 15 is 0 Å². The zero-order chi connectivity index (χ0) is 15.9. The fourth-order valence-corrected chi connectivity index (χ4v) is 2.93. The molecular formula is C16H16F2N2O2. The van der Waals surface area contributed by atoms with Gasteiger partial charge in [0.2, 0.25) is 0 Å². The minimum absolute atomic E-state index is 0.0353. The van der Waals surface area contributed by atoms with Crippen molar-refractivity contribution in [2.45, 2.75) is 19.8 Å². The van der Waals surface area contributed by atoms with Gasteiger partial charge in [0.25, 0.3) is 0 Å². The molecule has 0 spiro atoms. The van der Waals surface area contributed by atoms with Crippen LogP contribution in [0.4, 0.5) is 13.6 Å². The van der Waals surface area contributed by atoms with Crippen molar-refractivity contribution in [2.75, 3.05) is 13.1 Å². The molecule has 116 valence electrons. The summed E-state index contributed by atoms with van der Waals surface area (Å²) in [7, 11) is 0. The van der Waals surface area contributed by atoms with Crippen molar-refractivity contribution < 1.29 is 18.7 Å². The van der Waals surface area contributed by atoms with Gasteiger partial charge in [0, 0.05) is 30.2 Å². The largest absolute Gasteiger partial charge is 0.465 e. The van der Waals surface area contributed by atoms with Gasteiger partial charge in [-0.3, -0.25) is 0 Å². The molecule has 3 rings (SSSR count). The molecule has 0 fully saturated rings. The van der Waals surface area contributed by atoms with Gasteiger partial charge in [-0.25, -0.2) is 13.6 Å². The van der Waals surface area contributed by atoms with Crippen LogP contribution in [0, 0.1) is 11.6 Å². The fraction of sp³-hybridized carbons (Fsp3) is 0.312. The molecule has 6 heteroatoms. The Labute approximate surface area is 126 Å². The molecule has 4 nitrogen and oxygen atoms in total. The lowest BCUT2D eigenvalue weighted by Gasteiger charge is -2.24. The third-order valence-corrected chi connectivity index (χ3v) is 4.12. The first-order valence-corrected chi connectivity index (χ1v) is 7.18. The number of rotatable bonds is 2. The molecule has 22 heavy (non-hydrogen) atoms. The van der Waals surface area contributed by atoms with Gasteiger partial charge in [0.1, 0.15) is 11.6 Å². The van der Waals surface area contributed by atoms with E-state index in [1.165, 1.54) is 11.0 Å². The molecule has 0 atom stereocenters. The van der Waals surface area contributed by atoms with Crippen molar-refractivity contribution in [1.29, 1.82) is 0 Å². The molecule has 1 aromatic carbocycles. The number of aromatic amines is 1. The first kappa shape index (κ1) is 14.6. The van der Waals surface area contributed by atoms with E-state index in [4.69, 9.17) is 5.11 Å². The van der Waals surface area contributed by atoms with Gasteiger partial charge in [-0.05, 0) is 30.0 Å². The smallest absolute Gasteiger partial charge is 0.407 e. The zero-order valence-corrected chi connectivity index (χ0v) is 12.1. The second-order valence-electron chi connectivity index (χ2n) is 5.35. The number of carbonyl (C=O) groups is 1. The van der Waals surface area contributed by atoms with Gasteiger partial charge in [-0.1, -0.05) is 13.0 Å². The zero-order valence-electron chi connectivity index (χ0n) is 12.1. The third kappa shape index (κ3) is 2.24. The van der Waals surface area contributed by atoms with Crippen LogP contribution in [0.15, 0.2) is 18.3 Å². The minimum atomic E-state index is -1.02. The molecule has 1 aliphatic heterocycles. The number of nitrogens with zero attached hydrogens (tertiary/aromatic N) is 1. The van der Waals surface area contributed by atoms with Crippen LogP contribution >= 0.6 is 0 Å². The number of benzene rings is 1.